The van der Waals surface area contributed by atoms with Gasteiger partial charge in [-0.2, -0.15) is 0 Å². The SMILES string of the molecule is C=C(CC(C)c1cccc(S)c1)c1c(C)ccc2ccccc12. The maximum Gasteiger partial charge on any atom is 0.00428 e. The normalized spacial score (nSPS) is 12.3. The maximum absolute atomic E-state index is 4.45. The first kappa shape index (κ1) is 15.9. The van der Waals surface area contributed by atoms with Gasteiger partial charge in [0, 0.05) is 4.90 Å². The van der Waals surface area contributed by atoms with Crippen LogP contribution in [0.25, 0.3) is 16.3 Å². The van der Waals surface area contributed by atoms with E-state index in [-0.39, 0.29) is 0 Å². The molecule has 1 unspecified atom stereocenters. The molecule has 0 saturated carbocycles. The van der Waals surface area contributed by atoms with E-state index in [0.29, 0.717) is 5.92 Å². The lowest BCUT2D eigenvalue weighted by atomic mass is 9.87. The van der Waals surface area contributed by atoms with Crippen LogP contribution in [0, 0.1) is 6.92 Å². The first-order valence-corrected chi connectivity index (χ1v) is 8.46. The van der Waals surface area contributed by atoms with Crippen LogP contribution in [0.3, 0.4) is 0 Å². The molecule has 0 heterocycles. The van der Waals surface area contributed by atoms with Crippen LogP contribution in [0.1, 0.15) is 36.0 Å². The van der Waals surface area contributed by atoms with Crippen LogP contribution in [0.2, 0.25) is 0 Å². The maximum atomic E-state index is 4.45. The second-order valence-corrected chi connectivity index (χ2v) is 6.80. The zero-order valence-electron chi connectivity index (χ0n) is 13.7. The highest BCUT2D eigenvalue weighted by Crippen LogP contribution is 2.34. The van der Waals surface area contributed by atoms with Crippen molar-refractivity contribution in [3.63, 3.8) is 0 Å². The lowest BCUT2D eigenvalue weighted by Gasteiger charge is -2.18. The molecule has 0 aliphatic heterocycles. The molecule has 0 aromatic heterocycles. The summed E-state index contributed by atoms with van der Waals surface area (Å²) in [6.07, 6.45) is 0.950. The first-order chi connectivity index (χ1) is 11.1. The number of hydrogen-bond donors (Lipinski definition) is 1. The minimum Gasteiger partial charge on any atom is -0.143 e. The Labute approximate surface area is 144 Å². The summed E-state index contributed by atoms with van der Waals surface area (Å²) in [5.74, 6) is 0.424. The van der Waals surface area contributed by atoms with Gasteiger partial charge in [-0.15, -0.1) is 12.6 Å². The number of rotatable bonds is 4. The molecule has 0 N–H and O–H groups in total. The van der Waals surface area contributed by atoms with Crippen molar-refractivity contribution in [1.82, 2.24) is 0 Å². The van der Waals surface area contributed by atoms with E-state index in [1.54, 1.807) is 0 Å². The highest BCUT2D eigenvalue weighted by Gasteiger charge is 2.13. The minimum atomic E-state index is 0.424. The lowest BCUT2D eigenvalue weighted by Crippen LogP contribution is -1.98. The standard InChI is InChI=1S/C22H22S/c1-15-11-12-18-7-4-5-10-21(18)22(15)17(3)13-16(2)19-8-6-9-20(23)14-19/h4-12,14,16,23H,3,13H2,1-2H3. The van der Waals surface area contributed by atoms with Crippen molar-refractivity contribution in [3.8, 4) is 0 Å². The molecule has 0 aliphatic carbocycles. The van der Waals surface area contributed by atoms with E-state index in [9.17, 15) is 0 Å². The fraction of sp³-hybridized carbons (Fsp3) is 0.182. The summed E-state index contributed by atoms with van der Waals surface area (Å²) in [5, 5.41) is 2.58. The zero-order chi connectivity index (χ0) is 16.4. The van der Waals surface area contributed by atoms with Gasteiger partial charge in [-0.25, -0.2) is 0 Å². The van der Waals surface area contributed by atoms with E-state index in [1.165, 1.54) is 33.0 Å². The largest absolute Gasteiger partial charge is 0.143 e. The second kappa shape index (κ2) is 6.64. The van der Waals surface area contributed by atoms with Gasteiger partial charge in [0.25, 0.3) is 0 Å². The van der Waals surface area contributed by atoms with Crippen molar-refractivity contribution in [3.05, 3.63) is 83.9 Å². The van der Waals surface area contributed by atoms with Crippen LogP contribution < -0.4 is 0 Å². The third kappa shape index (κ3) is 3.35. The summed E-state index contributed by atoms with van der Waals surface area (Å²) >= 11 is 4.45. The molecule has 0 amide bonds. The van der Waals surface area contributed by atoms with E-state index < -0.39 is 0 Å². The average molecular weight is 318 g/mol. The summed E-state index contributed by atoms with van der Waals surface area (Å²) in [4.78, 5) is 1.02. The Morgan fingerprint density at radius 2 is 1.83 bits per heavy atom. The van der Waals surface area contributed by atoms with Crippen molar-refractivity contribution < 1.29 is 0 Å². The summed E-state index contributed by atoms with van der Waals surface area (Å²) in [6, 6.07) is 21.4. The molecular weight excluding hydrogens is 296 g/mol. The lowest BCUT2D eigenvalue weighted by molar-refractivity contribution is 0.790. The van der Waals surface area contributed by atoms with Crippen molar-refractivity contribution in [2.24, 2.45) is 0 Å². The Balaban J connectivity index is 1.93. The first-order valence-electron chi connectivity index (χ1n) is 8.01. The summed E-state index contributed by atoms with van der Waals surface area (Å²) in [7, 11) is 0. The van der Waals surface area contributed by atoms with Gasteiger partial charge in [-0.05, 0) is 64.4 Å². The fourth-order valence-corrected chi connectivity index (χ4v) is 3.51. The Kier molecular flexibility index (Phi) is 4.58. The predicted molar refractivity (Wildman–Crippen MR) is 104 cm³/mol. The van der Waals surface area contributed by atoms with Gasteiger partial charge in [0.1, 0.15) is 0 Å². The molecule has 0 bridgehead atoms. The molecule has 23 heavy (non-hydrogen) atoms. The molecule has 3 rings (SSSR count). The highest BCUT2D eigenvalue weighted by molar-refractivity contribution is 7.80. The second-order valence-electron chi connectivity index (χ2n) is 6.28. The number of benzene rings is 3. The number of fused-ring (bicyclic) bond motifs is 1. The third-order valence-electron chi connectivity index (χ3n) is 4.48. The highest BCUT2D eigenvalue weighted by atomic mass is 32.1. The van der Waals surface area contributed by atoms with E-state index in [1.807, 2.05) is 6.07 Å². The summed E-state index contributed by atoms with van der Waals surface area (Å²) in [6.45, 7) is 8.84. The Morgan fingerprint density at radius 3 is 2.61 bits per heavy atom. The quantitative estimate of drug-likeness (QED) is 0.512. The molecule has 0 aliphatic rings. The van der Waals surface area contributed by atoms with Gasteiger partial charge in [-0.1, -0.05) is 62.0 Å². The van der Waals surface area contributed by atoms with Crippen LogP contribution in [-0.4, -0.2) is 0 Å². The molecule has 0 radical (unpaired) electrons. The van der Waals surface area contributed by atoms with Gasteiger partial charge in [0.2, 0.25) is 0 Å². The molecule has 1 heteroatoms. The third-order valence-corrected chi connectivity index (χ3v) is 4.76. The molecular formula is C22H22S. The van der Waals surface area contributed by atoms with E-state index in [0.717, 1.165) is 11.3 Å². The molecule has 0 saturated heterocycles. The molecule has 0 spiro atoms. The van der Waals surface area contributed by atoms with Gasteiger partial charge >= 0.3 is 0 Å². The number of allylic oxidation sites excluding steroid dienone is 1. The molecule has 116 valence electrons. The van der Waals surface area contributed by atoms with E-state index in [2.05, 4.69) is 87.7 Å². The number of hydrogen-bond acceptors (Lipinski definition) is 1. The van der Waals surface area contributed by atoms with Crippen molar-refractivity contribution in [1.29, 1.82) is 0 Å². The van der Waals surface area contributed by atoms with Crippen molar-refractivity contribution in [2.45, 2.75) is 31.1 Å². The van der Waals surface area contributed by atoms with Crippen LogP contribution in [0.15, 0.2) is 72.1 Å². The Bertz CT molecular complexity index is 861. The van der Waals surface area contributed by atoms with E-state index in [4.69, 9.17) is 0 Å². The van der Waals surface area contributed by atoms with Crippen molar-refractivity contribution >= 4 is 29.0 Å². The van der Waals surface area contributed by atoms with Crippen LogP contribution in [0.5, 0.6) is 0 Å². The van der Waals surface area contributed by atoms with Gasteiger partial charge in [0.05, 0.1) is 0 Å². The van der Waals surface area contributed by atoms with Crippen LogP contribution >= 0.6 is 12.6 Å². The van der Waals surface area contributed by atoms with E-state index >= 15 is 0 Å². The Morgan fingerprint density at radius 1 is 1.04 bits per heavy atom. The van der Waals surface area contributed by atoms with Crippen LogP contribution in [0.4, 0.5) is 0 Å². The smallest absolute Gasteiger partial charge is 0.00428 e. The number of aryl methyl sites for hydroxylation is 1. The zero-order valence-corrected chi connectivity index (χ0v) is 14.6. The molecule has 3 aromatic rings. The van der Waals surface area contributed by atoms with Crippen molar-refractivity contribution in [2.75, 3.05) is 0 Å². The molecule has 3 aromatic carbocycles. The Hall–Kier alpha value is -1.99. The summed E-state index contributed by atoms with van der Waals surface area (Å²) < 4.78 is 0. The molecule has 1 atom stereocenters. The molecule has 0 fully saturated rings. The minimum absolute atomic E-state index is 0.424. The molecule has 0 nitrogen and oxygen atoms in total. The average Bonchev–Trinajstić information content (AvgIpc) is 2.54. The predicted octanol–water partition coefficient (Wildman–Crippen LogP) is 6.64. The summed E-state index contributed by atoms with van der Waals surface area (Å²) in [5.41, 5.74) is 5.12. The van der Waals surface area contributed by atoms with Gasteiger partial charge < -0.3 is 0 Å². The van der Waals surface area contributed by atoms with Crippen LogP contribution in [-0.2, 0) is 0 Å². The fourth-order valence-electron chi connectivity index (χ4n) is 3.27. The topological polar surface area (TPSA) is 0 Å². The monoisotopic (exact) mass is 318 g/mol. The number of thiol groups is 1. The van der Waals surface area contributed by atoms with Gasteiger partial charge in [0.15, 0.2) is 0 Å². The van der Waals surface area contributed by atoms with Gasteiger partial charge in [-0.3, -0.25) is 0 Å².